The average Bonchev–Trinajstić information content (AvgIpc) is 2.33. The maximum atomic E-state index is 3.71. The van der Waals surface area contributed by atoms with Crippen molar-refractivity contribution in [1.82, 2.24) is 0 Å². The Bertz CT molecular complexity index is 146. The Hall–Kier alpha value is 1.82. The van der Waals surface area contributed by atoms with Crippen molar-refractivity contribution in [2.75, 3.05) is 12.3 Å². The van der Waals surface area contributed by atoms with Crippen LogP contribution in [0.1, 0.15) is 67.2 Å². The lowest BCUT2D eigenvalue weighted by Crippen LogP contribution is -1.90. The van der Waals surface area contributed by atoms with Crippen LogP contribution in [0.3, 0.4) is 0 Å². The van der Waals surface area contributed by atoms with Gasteiger partial charge in [-0.05, 0) is 49.7 Å². The minimum atomic E-state index is 0.167. The fourth-order valence-electron chi connectivity index (χ4n) is 1.13. The Morgan fingerprint density at radius 3 is 1.17 bits per heavy atom. The standard InChI is InChI=1S/2C7H16BrP/c2*1-4-5-6-9(8)7(2)3/h2*7H,4-6H2,1-3H3. The van der Waals surface area contributed by atoms with Crippen LogP contribution in [0, 0.1) is 0 Å². The molecule has 0 heterocycles. The molecule has 0 radical (unpaired) electrons. The van der Waals surface area contributed by atoms with E-state index in [4.69, 9.17) is 0 Å². The van der Waals surface area contributed by atoms with Crippen molar-refractivity contribution < 1.29 is 0 Å². The molecule has 0 aliphatic rings. The number of unbranched alkanes of at least 4 members (excludes halogenated alkanes) is 2. The Morgan fingerprint density at radius 2 is 1.00 bits per heavy atom. The van der Waals surface area contributed by atoms with E-state index in [2.05, 4.69) is 72.5 Å². The largest absolute Gasteiger partial charge is 0.0654 e. The highest BCUT2D eigenvalue weighted by molar-refractivity contribution is 9.39. The SMILES string of the molecule is CCCCP(Br)C(C)C.CCCCP(Br)C(C)C. The van der Waals surface area contributed by atoms with Crippen LogP contribution >= 0.6 is 44.2 Å². The van der Waals surface area contributed by atoms with Crippen LogP contribution in [0.5, 0.6) is 0 Å². The lowest BCUT2D eigenvalue weighted by atomic mass is 10.4. The van der Waals surface area contributed by atoms with Crippen molar-refractivity contribution in [1.29, 1.82) is 0 Å². The molecule has 0 rings (SSSR count). The van der Waals surface area contributed by atoms with E-state index in [9.17, 15) is 0 Å². The monoisotopic (exact) mass is 420 g/mol. The third kappa shape index (κ3) is 15.9. The normalized spacial score (nSPS) is 14.3. The fourth-order valence-corrected chi connectivity index (χ4v) is 4.91. The van der Waals surface area contributed by atoms with Gasteiger partial charge in [0.1, 0.15) is 0 Å². The lowest BCUT2D eigenvalue weighted by molar-refractivity contribution is 0.888. The predicted molar refractivity (Wildman–Crippen MR) is 102 cm³/mol. The molecule has 2 atom stereocenters. The second-order valence-corrected chi connectivity index (χ2v) is 15.2. The molecule has 0 fully saturated rings. The molecule has 0 saturated carbocycles. The summed E-state index contributed by atoms with van der Waals surface area (Å²) in [5.41, 5.74) is 1.71. The van der Waals surface area contributed by atoms with Gasteiger partial charge in [-0.25, -0.2) is 0 Å². The van der Waals surface area contributed by atoms with Crippen LogP contribution in [0.25, 0.3) is 0 Å². The second-order valence-electron chi connectivity index (χ2n) is 5.14. The minimum Gasteiger partial charge on any atom is -0.0654 e. The highest BCUT2D eigenvalue weighted by Crippen LogP contribution is 2.49. The molecular weight excluding hydrogens is 390 g/mol. The fraction of sp³-hybridized carbons (Fsp3) is 1.00. The van der Waals surface area contributed by atoms with E-state index in [0.29, 0.717) is 0 Å². The molecule has 2 unspecified atom stereocenters. The van der Waals surface area contributed by atoms with Gasteiger partial charge in [-0.15, -0.1) is 0 Å². The molecule has 0 N–H and O–H groups in total. The van der Waals surface area contributed by atoms with Gasteiger partial charge < -0.3 is 0 Å². The summed E-state index contributed by atoms with van der Waals surface area (Å²) in [7, 11) is 0. The van der Waals surface area contributed by atoms with E-state index in [0.717, 1.165) is 11.3 Å². The molecule has 0 bridgehead atoms. The van der Waals surface area contributed by atoms with Crippen molar-refractivity contribution >= 4 is 44.2 Å². The predicted octanol–water partition coefficient (Wildman–Crippen LogP) is 7.97. The average molecular weight is 422 g/mol. The van der Waals surface area contributed by atoms with E-state index in [1.165, 1.54) is 38.0 Å². The van der Waals surface area contributed by atoms with Gasteiger partial charge in [0.2, 0.25) is 0 Å². The summed E-state index contributed by atoms with van der Waals surface area (Å²) in [6, 6.07) is 0. The number of hydrogen-bond donors (Lipinski definition) is 0. The molecule has 0 aromatic carbocycles. The summed E-state index contributed by atoms with van der Waals surface area (Å²) in [5, 5.41) is 0. The van der Waals surface area contributed by atoms with Gasteiger partial charge in [0.15, 0.2) is 0 Å². The third-order valence-electron chi connectivity index (χ3n) is 2.57. The van der Waals surface area contributed by atoms with Gasteiger partial charge in [0, 0.05) is 0 Å². The first-order chi connectivity index (χ1) is 8.36. The van der Waals surface area contributed by atoms with E-state index in [1.807, 2.05) is 0 Å². The van der Waals surface area contributed by atoms with Gasteiger partial charge >= 0.3 is 0 Å². The zero-order chi connectivity index (χ0) is 14.6. The van der Waals surface area contributed by atoms with Gasteiger partial charge in [0.25, 0.3) is 0 Å². The first-order valence-corrected chi connectivity index (χ1v) is 14.4. The highest BCUT2D eigenvalue weighted by Gasteiger charge is 2.06. The quantitative estimate of drug-likeness (QED) is 0.348. The first kappa shape index (κ1) is 22.1. The van der Waals surface area contributed by atoms with E-state index < -0.39 is 0 Å². The van der Waals surface area contributed by atoms with Crippen LogP contribution in [-0.2, 0) is 0 Å². The second kappa shape index (κ2) is 15.2. The van der Waals surface area contributed by atoms with Crippen LogP contribution in [0.2, 0.25) is 0 Å². The van der Waals surface area contributed by atoms with Gasteiger partial charge in [-0.3, -0.25) is 0 Å². The smallest absolute Gasteiger partial charge is 0.0168 e. The first-order valence-electron chi connectivity index (χ1n) is 7.21. The Morgan fingerprint density at radius 1 is 0.722 bits per heavy atom. The Labute approximate surface area is 134 Å². The molecule has 4 heteroatoms. The molecule has 0 aliphatic heterocycles. The Kier molecular flexibility index (Phi) is 18.7. The summed E-state index contributed by atoms with van der Waals surface area (Å²) in [6.07, 6.45) is 8.21. The van der Waals surface area contributed by atoms with E-state index in [1.54, 1.807) is 0 Å². The number of rotatable bonds is 8. The summed E-state index contributed by atoms with van der Waals surface area (Å²) < 4.78 is 0. The van der Waals surface area contributed by atoms with Crippen molar-refractivity contribution in [3.05, 3.63) is 0 Å². The van der Waals surface area contributed by atoms with Gasteiger partial charge in [-0.2, -0.15) is 0 Å². The topological polar surface area (TPSA) is 0 Å². The molecule has 0 saturated heterocycles. The van der Waals surface area contributed by atoms with Crippen molar-refractivity contribution in [2.45, 2.75) is 78.5 Å². The van der Waals surface area contributed by atoms with E-state index in [-0.39, 0.29) is 13.2 Å². The zero-order valence-corrected chi connectivity index (χ0v) is 18.0. The van der Waals surface area contributed by atoms with Crippen LogP contribution in [0.4, 0.5) is 0 Å². The van der Waals surface area contributed by atoms with Gasteiger partial charge in [-0.1, -0.05) is 85.4 Å². The van der Waals surface area contributed by atoms with Gasteiger partial charge in [0.05, 0.1) is 0 Å². The van der Waals surface area contributed by atoms with Crippen molar-refractivity contribution in [3.8, 4) is 0 Å². The van der Waals surface area contributed by atoms with Crippen molar-refractivity contribution in [3.63, 3.8) is 0 Å². The maximum Gasteiger partial charge on any atom is -0.0168 e. The van der Waals surface area contributed by atoms with Crippen LogP contribution < -0.4 is 0 Å². The maximum absolute atomic E-state index is 3.71. The lowest BCUT2D eigenvalue weighted by Gasteiger charge is -2.12. The molecule has 0 aromatic rings. The van der Waals surface area contributed by atoms with Crippen molar-refractivity contribution in [2.24, 2.45) is 0 Å². The molecule has 0 amide bonds. The number of halogens is 2. The molecule has 0 spiro atoms. The molecule has 0 aromatic heterocycles. The zero-order valence-electron chi connectivity index (χ0n) is 13.0. The van der Waals surface area contributed by atoms with Crippen LogP contribution in [-0.4, -0.2) is 23.6 Å². The van der Waals surface area contributed by atoms with E-state index >= 15 is 0 Å². The minimum absolute atomic E-state index is 0.167. The molecular formula is C14H32Br2P2. The Balaban J connectivity index is 0. The molecule has 0 nitrogen and oxygen atoms in total. The van der Waals surface area contributed by atoms with Crippen LogP contribution in [0.15, 0.2) is 0 Å². The number of hydrogen-bond acceptors (Lipinski definition) is 0. The molecule has 18 heavy (non-hydrogen) atoms. The summed E-state index contributed by atoms with van der Waals surface area (Å²) in [6.45, 7) is 14.0. The molecule has 112 valence electrons. The summed E-state index contributed by atoms with van der Waals surface area (Å²) >= 11 is 7.42. The third-order valence-corrected chi connectivity index (χ3v) is 13.3. The highest BCUT2D eigenvalue weighted by atomic mass is 79.9. The summed E-state index contributed by atoms with van der Waals surface area (Å²) in [5.74, 6) is 0. The summed E-state index contributed by atoms with van der Waals surface area (Å²) in [4.78, 5) is 0. The molecule has 0 aliphatic carbocycles.